The summed E-state index contributed by atoms with van der Waals surface area (Å²) >= 11 is 11.5. The van der Waals surface area contributed by atoms with Crippen molar-refractivity contribution in [3.05, 3.63) is 33.8 Å². The quantitative estimate of drug-likeness (QED) is 0.689. The fourth-order valence-electron chi connectivity index (χ4n) is 1.23. The monoisotopic (exact) mass is 214 g/mol. The van der Waals surface area contributed by atoms with Gasteiger partial charge in [0.1, 0.15) is 0 Å². The van der Waals surface area contributed by atoms with Gasteiger partial charge in [-0.15, -0.1) is 0 Å². The lowest BCUT2D eigenvalue weighted by molar-refractivity contribution is 0.0967. The minimum absolute atomic E-state index is 0.193. The Hall–Kier alpha value is -0.530. The second-order valence-electron chi connectivity index (χ2n) is 3.27. The van der Waals surface area contributed by atoms with Crippen molar-refractivity contribution < 1.29 is 4.79 Å². The van der Waals surface area contributed by atoms with Gasteiger partial charge < -0.3 is 0 Å². The van der Waals surface area contributed by atoms with E-state index in [1.54, 1.807) is 18.2 Å². The summed E-state index contributed by atoms with van der Waals surface area (Å²) in [6.45, 7) is 0. The maximum Gasteiger partial charge on any atom is 0.165 e. The van der Waals surface area contributed by atoms with E-state index in [2.05, 4.69) is 0 Å². The third kappa shape index (κ3) is 1.87. The molecular weight excluding hydrogens is 207 g/mol. The zero-order valence-electron chi connectivity index (χ0n) is 6.89. The molecule has 0 amide bonds. The predicted octanol–water partition coefficient (Wildman–Crippen LogP) is 3.59. The fourth-order valence-corrected chi connectivity index (χ4v) is 1.53. The van der Waals surface area contributed by atoms with Crippen LogP contribution in [0.3, 0.4) is 0 Å². The van der Waals surface area contributed by atoms with Gasteiger partial charge >= 0.3 is 0 Å². The number of hydrogen-bond acceptors (Lipinski definition) is 1. The molecule has 0 radical (unpaired) electrons. The van der Waals surface area contributed by atoms with Crippen LogP contribution in [0.2, 0.25) is 10.0 Å². The number of halogens is 2. The fraction of sp³-hybridized carbons (Fsp3) is 0.300. The molecule has 1 saturated carbocycles. The molecule has 1 nitrogen and oxygen atoms in total. The molecule has 1 aliphatic carbocycles. The molecule has 0 atom stereocenters. The van der Waals surface area contributed by atoms with Gasteiger partial charge in [0.2, 0.25) is 0 Å². The second kappa shape index (κ2) is 3.32. The molecule has 0 saturated heterocycles. The second-order valence-corrected chi connectivity index (χ2v) is 4.08. The molecule has 0 bridgehead atoms. The number of ketones is 1. The highest BCUT2D eigenvalue weighted by atomic mass is 35.5. The van der Waals surface area contributed by atoms with E-state index in [9.17, 15) is 4.79 Å². The van der Waals surface area contributed by atoms with Crippen molar-refractivity contribution in [1.82, 2.24) is 0 Å². The van der Waals surface area contributed by atoms with E-state index in [0.717, 1.165) is 12.8 Å². The smallest absolute Gasteiger partial charge is 0.165 e. The topological polar surface area (TPSA) is 17.1 Å². The van der Waals surface area contributed by atoms with Gasteiger partial charge in [-0.25, -0.2) is 0 Å². The molecule has 0 unspecified atom stereocenters. The summed E-state index contributed by atoms with van der Waals surface area (Å²) in [5.41, 5.74) is 0.678. The first kappa shape index (κ1) is 9.04. The van der Waals surface area contributed by atoms with E-state index >= 15 is 0 Å². The molecule has 1 aromatic rings. The lowest BCUT2D eigenvalue weighted by Crippen LogP contribution is -2.00. The van der Waals surface area contributed by atoms with Crippen molar-refractivity contribution in [2.24, 2.45) is 5.92 Å². The van der Waals surface area contributed by atoms with Gasteiger partial charge in [0.25, 0.3) is 0 Å². The van der Waals surface area contributed by atoms with Crippen LogP contribution in [-0.4, -0.2) is 5.78 Å². The molecule has 0 N–H and O–H groups in total. The van der Waals surface area contributed by atoms with E-state index in [4.69, 9.17) is 23.2 Å². The van der Waals surface area contributed by atoms with E-state index in [0.29, 0.717) is 15.6 Å². The lowest BCUT2D eigenvalue weighted by atomic mass is 10.1. The zero-order valence-corrected chi connectivity index (χ0v) is 8.40. The van der Waals surface area contributed by atoms with Gasteiger partial charge in [0.15, 0.2) is 5.78 Å². The number of rotatable bonds is 2. The molecule has 1 fully saturated rings. The van der Waals surface area contributed by atoms with E-state index in [-0.39, 0.29) is 11.7 Å². The molecular formula is C10H8Cl2O. The predicted molar refractivity (Wildman–Crippen MR) is 53.5 cm³/mol. The summed E-state index contributed by atoms with van der Waals surface area (Å²) in [5.74, 6) is 0.427. The highest BCUT2D eigenvalue weighted by Crippen LogP contribution is 2.34. The maximum atomic E-state index is 11.6. The van der Waals surface area contributed by atoms with Crippen LogP contribution in [-0.2, 0) is 0 Å². The van der Waals surface area contributed by atoms with Crippen molar-refractivity contribution in [2.45, 2.75) is 12.8 Å². The number of hydrogen-bond donors (Lipinski definition) is 0. The maximum absolute atomic E-state index is 11.6. The first-order valence-corrected chi connectivity index (χ1v) is 4.93. The van der Waals surface area contributed by atoms with E-state index < -0.39 is 0 Å². The van der Waals surface area contributed by atoms with Crippen LogP contribution in [0.5, 0.6) is 0 Å². The highest BCUT2D eigenvalue weighted by Gasteiger charge is 2.30. The Balaban J connectivity index is 2.30. The van der Waals surface area contributed by atoms with Crippen LogP contribution >= 0.6 is 23.2 Å². The SMILES string of the molecule is O=C(c1ccc(Cl)c(Cl)c1)C1CC1. The standard InChI is InChI=1S/C10H8Cl2O/c11-8-4-3-7(5-9(8)12)10(13)6-1-2-6/h3-6H,1-2H2. The Labute approximate surface area is 86.7 Å². The third-order valence-corrected chi connectivity index (χ3v) is 2.89. The van der Waals surface area contributed by atoms with Crippen LogP contribution in [0.4, 0.5) is 0 Å². The summed E-state index contributed by atoms with van der Waals surface area (Å²) in [7, 11) is 0. The van der Waals surface area contributed by atoms with Gasteiger partial charge in [-0.1, -0.05) is 23.2 Å². The Bertz CT molecular complexity index is 356. The van der Waals surface area contributed by atoms with Crippen molar-refractivity contribution in [2.75, 3.05) is 0 Å². The van der Waals surface area contributed by atoms with Gasteiger partial charge in [-0.2, -0.15) is 0 Å². The first-order valence-electron chi connectivity index (χ1n) is 4.18. The molecule has 0 aliphatic heterocycles. The minimum atomic E-state index is 0.193. The number of Topliss-reactive ketones (excluding diaryl/α,β-unsaturated/α-hetero) is 1. The van der Waals surface area contributed by atoms with Crippen molar-refractivity contribution in [3.63, 3.8) is 0 Å². The summed E-state index contributed by atoms with van der Waals surface area (Å²) in [6.07, 6.45) is 2.03. The Morgan fingerprint density at radius 2 is 1.92 bits per heavy atom. The van der Waals surface area contributed by atoms with Gasteiger partial charge in [0.05, 0.1) is 10.0 Å². The third-order valence-electron chi connectivity index (χ3n) is 2.15. The molecule has 2 rings (SSSR count). The normalized spacial score (nSPS) is 15.8. The summed E-state index contributed by atoms with van der Waals surface area (Å²) in [5, 5.41) is 0.946. The van der Waals surface area contributed by atoms with E-state index in [1.807, 2.05) is 0 Å². The van der Waals surface area contributed by atoms with Crippen LogP contribution in [0.25, 0.3) is 0 Å². The number of carbonyl (C=O) groups excluding carboxylic acids is 1. The van der Waals surface area contributed by atoms with E-state index in [1.165, 1.54) is 0 Å². The molecule has 1 aliphatic rings. The molecule has 1 aromatic carbocycles. The average molecular weight is 215 g/mol. The van der Waals surface area contributed by atoms with Crippen LogP contribution in [0.1, 0.15) is 23.2 Å². The Morgan fingerprint density at radius 3 is 2.46 bits per heavy atom. The van der Waals surface area contributed by atoms with Crippen LogP contribution < -0.4 is 0 Å². The average Bonchev–Trinajstić information content (AvgIpc) is 2.91. The largest absolute Gasteiger partial charge is 0.294 e. The summed E-state index contributed by atoms with van der Waals surface area (Å²) in [4.78, 5) is 11.6. The molecule has 0 heterocycles. The highest BCUT2D eigenvalue weighted by molar-refractivity contribution is 6.42. The number of benzene rings is 1. The minimum Gasteiger partial charge on any atom is -0.294 e. The zero-order chi connectivity index (χ0) is 9.42. The molecule has 3 heteroatoms. The molecule has 68 valence electrons. The lowest BCUT2D eigenvalue weighted by Gasteiger charge is -2.00. The van der Waals surface area contributed by atoms with Crippen molar-refractivity contribution >= 4 is 29.0 Å². The van der Waals surface area contributed by atoms with Crippen molar-refractivity contribution in [1.29, 1.82) is 0 Å². The number of carbonyl (C=O) groups is 1. The van der Waals surface area contributed by atoms with Crippen LogP contribution in [0.15, 0.2) is 18.2 Å². The summed E-state index contributed by atoms with van der Waals surface area (Å²) in [6, 6.07) is 5.04. The van der Waals surface area contributed by atoms with Crippen molar-refractivity contribution in [3.8, 4) is 0 Å². The van der Waals surface area contributed by atoms with Crippen LogP contribution in [0, 0.1) is 5.92 Å². The van der Waals surface area contributed by atoms with Gasteiger partial charge in [-0.3, -0.25) is 4.79 Å². The molecule has 0 aromatic heterocycles. The Kier molecular flexibility index (Phi) is 2.31. The first-order chi connectivity index (χ1) is 6.18. The molecule has 13 heavy (non-hydrogen) atoms. The molecule has 0 spiro atoms. The Morgan fingerprint density at radius 1 is 1.23 bits per heavy atom. The van der Waals surface area contributed by atoms with Gasteiger partial charge in [0, 0.05) is 11.5 Å². The van der Waals surface area contributed by atoms with Gasteiger partial charge in [-0.05, 0) is 31.0 Å². The summed E-state index contributed by atoms with van der Waals surface area (Å²) < 4.78 is 0.